The summed E-state index contributed by atoms with van der Waals surface area (Å²) in [5.74, 6) is -4.00. The van der Waals surface area contributed by atoms with Crippen LogP contribution in [0.25, 0.3) is 0 Å². The van der Waals surface area contributed by atoms with Gasteiger partial charge in [-0.05, 0) is 17.7 Å². The third-order valence-electron chi connectivity index (χ3n) is 3.79. The molecule has 0 aromatic heterocycles. The maximum absolute atomic E-state index is 12.4. The fourth-order valence-electron chi connectivity index (χ4n) is 2.47. The van der Waals surface area contributed by atoms with E-state index in [2.05, 4.69) is 20.5 Å². The van der Waals surface area contributed by atoms with Crippen LogP contribution < -0.4 is 31.9 Å². The zero-order valence-corrected chi connectivity index (χ0v) is 17.8. The number of phosphoric ester groups is 1. The maximum Gasteiger partial charge on any atom is 0.524 e. The monoisotopic (exact) mass is 473 g/mol. The number of nitrogens with one attached hydrogen (secondary N) is 3. The van der Waals surface area contributed by atoms with Gasteiger partial charge in [0.1, 0.15) is 17.8 Å². The molecule has 14 nitrogen and oxygen atoms in total. The van der Waals surface area contributed by atoms with Crippen LogP contribution in [0.2, 0.25) is 0 Å². The fourth-order valence-corrected chi connectivity index (χ4v) is 2.87. The molecule has 1 aromatic rings. The van der Waals surface area contributed by atoms with Crippen molar-refractivity contribution in [2.45, 2.75) is 31.8 Å². The second kappa shape index (κ2) is 11.8. The highest BCUT2D eigenvalue weighted by molar-refractivity contribution is 7.46. The van der Waals surface area contributed by atoms with Crippen molar-refractivity contribution in [1.29, 1.82) is 0 Å². The topological polar surface area (TPSA) is 240 Å². The van der Waals surface area contributed by atoms with E-state index in [-0.39, 0.29) is 12.2 Å². The number of hydrogen-bond acceptors (Lipinski definition) is 7. The lowest BCUT2D eigenvalue weighted by Crippen LogP contribution is -2.52. The Morgan fingerprint density at radius 3 is 2.09 bits per heavy atom. The van der Waals surface area contributed by atoms with E-state index in [0.717, 1.165) is 0 Å². The Bertz CT molecular complexity index is 915. The van der Waals surface area contributed by atoms with Crippen LogP contribution in [0.4, 0.5) is 0 Å². The van der Waals surface area contributed by atoms with Crippen LogP contribution in [0, 0.1) is 0 Å². The highest BCUT2D eigenvalue weighted by Crippen LogP contribution is 2.37. The van der Waals surface area contributed by atoms with Gasteiger partial charge in [0.2, 0.25) is 29.5 Å². The van der Waals surface area contributed by atoms with Crippen molar-refractivity contribution in [2.75, 3.05) is 6.54 Å². The zero-order chi connectivity index (χ0) is 24.5. The standard InChI is InChI=1S/C17H24N5O9P/c1-9(23)21-13(6-10-2-4-11(5-3-10)31-32(28,29)30)17(27)20-8-15(25)22-12(16(19)26)7-14(18)24/h2-5,12-13H,6-8H2,1H3,(H2,18,24)(H2,19,26)(H,20,27)(H,21,23)(H,22,25)(H2,28,29,30)/t12-,13-/m0/s1. The molecule has 0 fully saturated rings. The minimum Gasteiger partial charge on any atom is -0.404 e. The molecule has 2 atom stereocenters. The molecule has 9 N–H and O–H groups in total. The summed E-state index contributed by atoms with van der Waals surface area (Å²) in [6.07, 6.45) is -0.528. The highest BCUT2D eigenvalue weighted by atomic mass is 31.2. The van der Waals surface area contributed by atoms with Gasteiger partial charge in [0.15, 0.2) is 0 Å². The molecule has 0 saturated carbocycles. The van der Waals surface area contributed by atoms with E-state index >= 15 is 0 Å². The van der Waals surface area contributed by atoms with Gasteiger partial charge in [-0.3, -0.25) is 33.8 Å². The Balaban J connectivity index is 2.74. The number of primary amides is 2. The predicted octanol–water partition coefficient (Wildman–Crippen LogP) is -2.83. The van der Waals surface area contributed by atoms with Crippen LogP contribution >= 0.6 is 7.82 Å². The summed E-state index contributed by atoms with van der Waals surface area (Å²) in [4.78, 5) is 75.6. The van der Waals surface area contributed by atoms with Crippen LogP contribution in [-0.2, 0) is 35.0 Å². The lowest BCUT2D eigenvalue weighted by Gasteiger charge is -2.19. The largest absolute Gasteiger partial charge is 0.524 e. The van der Waals surface area contributed by atoms with Crippen molar-refractivity contribution in [2.24, 2.45) is 11.5 Å². The van der Waals surface area contributed by atoms with Crippen LogP contribution in [0.5, 0.6) is 5.75 Å². The van der Waals surface area contributed by atoms with Gasteiger partial charge in [-0.25, -0.2) is 4.57 Å². The molecule has 15 heteroatoms. The maximum atomic E-state index is 12.4. The Hall–Kier alpha value is -3.48. The molecule has 1 aromatic carbocycles. The Kier molecular flexibility index (Phi) is 9.78. The van der Waals surface area contributed by atoms with Gasteiger partial charge in [-0.1, -0.05) is 12.1 Å². The third kappa shape index (κ3) is 10.5. The summed E-state index contributed by atoms with van der Waals surface area (Å²) < 4.78 is 15.3. The molecular formula is C17H24N5O9P. The van der Waals surface area contributed by atoms with Crippen LogP contribution in [-0.4, -0.2) is 58.0 Å². The van der Waals surface area contributed by atoms with Gasteiger partial charge < -0.3 is 31.9 Å². The van der Waals surface area contributed by atoms with E-state index in [9.17, 15) is 28.5 Å². The van der Waals surface area contributed by atoms with E-state index < -0.39 is 62.4 Å². The average Bonchev–Trinajstić information content (AvgIpc) is 2.64. The summed E-state index contributed by atoms with van der Waals surface area (Å²) in [6, 6.07) is 2.98. The minimum atomic E-state index is -4.72. The molecule has 0 aliphatic carbocycles. The van der Waals surface area contributed by atoms with Gasteiger partial charge in [-0.15, -0.1) is 0 Å². The average molecular weight is 473 g/mol. The fraction of sp³-hybridized carbons (Fsp3) is 0.353. The minimum absolute atomic E-state index is 0.0190. The molecule has 1 rings (SSSR count). The molecule has 0 radical (unpaired) electrons. The van der Waals surface area contributed by atoms with E-state index in [4.69, 9.17) is 21.3 Å². The van der Waals surface area contributed by atoms with Crippen LogP contribution in [0.15, 0.2) is 24.3 Å². The number of phosphoric acid groups is 1. The van der Waals surface area contributed by atoms with E-state index in [0.29, 0.717) is 5.56 Å². The third-order valence-corrected chi connectivity index (χ3v) is 4.24. The molecular weight excluding hydrogens is 449 g/mol. The predicted molar refractivity (Wildman–Crippen MR) is 108 cm³/mol. The molecule has 5 amide bonds. The van der Waals surface area contributed by atoms with E-state index in [1.165, 1.54) is 31.2 Å². The van der Waals surface area contributed by atoms with Gasteiger partial charge in [0.05, 0.1) is 13.0 Å². The first kappa shape index (κ1) is 26.6. The lowest BCUT2D eigenvalue weighted by molar-refractivity contribution is -0.131. The molecule has 0 saturated heterocycles. The van der Waals surface area contributed by atoms with Gasteiger partial charge in [0.25, 0.3) is 0 Å². The first-order valence-electron chi connectivity index (χ1n) is 9.02. The molecule has 0 aliphatic rings. The molecule has 0 bridgehead atoms. The Labute approximate surface area is 182 Å². The summed E-state index contributed by atoms with van der Waals surface area (Å²) in [6.45, 7) is 0.609. The summed E-state index contributed by atoms with van der Waals surface area (Å²) in [5.41, 5.74) is 10.6. The number of carbonyl (C=O) groups excluding carboxylic acids is 5. The van der Waals surface area contributed by atoms with Crippen molar-refractivity contribution in [3.63, 3.8) is 0 Å². The van der Waals surface area contributed by atoms with Gasteiger partial charge in [0, 0.05) is 13.3 Å². The number of hydrogen-bond donors (Lipinski definition) is 7. The van der Waals surface area contributed by atoms with Gasteiger partial charge >= 0.3 is 7.82 Å². The molecule has 176 valence electrons. The normalized spacial score (nSPS) is 12.7. The lowest BCUT2D eigenvalue weighted by atomic mass is 10.0. The van der Waals surface area contributed by atoms with Crippen molar-refractivity contribution in [3.8, 4) is 5.75 Å². The molecule has 0 aliphatic heterocycles. The first-order valence-corrected chi connectivity index (χ1v) is 10.6. The molecule has 0 heterocycles. The first-order chi connectivity index (χ1) is 14.8. The second-order valence-corrected chi connectivity index (χ2v) is 7.76. The van der Waals surface area contributed by atoms with Crippen molar-refractivity contribution in [1.82, 2.24) is 16.0 Å². The summed E-state index contributed by atoms with van der Waals surface area (Å²) in [5, 5.41) is 6.87. The van der Waals surface area contributed by atoms with Crippen molar-refractivity contribution >= 4 is 37.4 Å². The van der Waals surface area contributed by atoms with Crippen molar-refractivity contribution < 1.29 is 42.8 Å². The number of carbonyl (C=O) groups is 5. The van der Waals surface area contributed by atoms with E-state index in [1.54, 1.807) is 0 Å². The number of rotatable bonds is 12. The van der Waals surface area contributed by atoms with Gasteiger partial charge in [-0.2, -0.15) is 0 Å². The number of nitrogens with two attached hydrogens (primary N) is 2. The van der Waals surface area contributed by atoms with Crippen LogP contribution in [0.3, 0.4) is 0 Å². The smallest absolute Gasteiger partial charge is 0.404 e. The van der Waals surface area contributed by atoms with E-state index in [1.807, 2.05) is 0 Å². The number of amides is 5. The Morgan fingerprint density at radius 1 is 1.03 bits per heavy atom. The zero-order valence-electron chi connectivity index (χ0n) is 16.9. The number of benzene rings is 1. The summed E-state index contributed by atoms with van der Waals surface area (Å²) in [7, 11) is -4.72. The molecule has 0 unspecified atom stereocenters. The molecule has 0 spiro atoms. The Morgan fingerprint density at radius 2 is 1.62 bits per heavy atom. The molecule has 32 heavy (non-hydrogen) atoms. The highest BCUT2D eigenvalue weighted by Gasteiger charge is 2.23. The second-order valence-electron chi connectivity index (χ2n) is 6.59. The van der Waals surface area contributed by atoms with Crippen LogP contribution in [0.1, 0.15) is 18.9 Å². The van der Waals surface area contributed by atoms with Crippen molar-refractivity contribution in [3.05, 3.63) is 29.8 Å². The SMILES string of the molecule is CC(=O)N[C@@H](Cc1ccc(OP(=O)(O)O)cc1)C(=O)NCC(=O)N[C@@H](CC(N)=O)C(N)=O. The summed E-state index contributed by atoms with van der Waals surface area (Å²) >= 11 is 0. The quantitative estimate of drug-likeness (QED) is 0.154.